The van der Waals surface area contributed by atoms with Crippen LogP contribution in [0.4, 0.5) is 4.79 Å². The predicted molar refractivity (Wildman–Crippen MR) is 95.3 cm³/mol. The Balaban J connectivity index is 1.48. The number of morpholine rings is 1. The molecule has 2 atom stereocenters. The standard InChI is InChI=1S/C19H23N3O4/c1-14-12-22(13-17(26-14)15-6-3-2-4-7-15)18(23)11-21-19(24)20-10-16-8-5-9-25-16/h2-9,14,17H,10-13H2,1H3,(H2,20,21,24). The van der Waals surface area contributed by atoms with Gasteiger partial charge in [0, 0.05) is 6.54 Å². The van der Waals surface area contributed by atoms with Gasteiger partial charge in [0.05, 0.1) is 32.0 Å². The molecular formula is C19H23N3O4. The topological polar surface area (TPSA) is 83.8 Å². The molecule has 2 unspecified atom stereocenters. The van der Waals surface area contributed by atoms with Crippen molar-refractivity contribution in [1.29, 1.82) is 0 Å². The van der Waals surface area contributed by atoms with Crippen molar-refractivity contribution in [3.05, 3.63) is 60.1 Å². The molecule has 1 aliphatic heterocycles. The number of ether oxygens (including phenoxy) is 1. The van der Waals surface area contributed by atoms with Gasteiger partial charge in [0.15, 0.2) is 0 Å². The number of amides is 3. The summed E-state index contributed by atoms with van der Waals surface area (Å²) in [5.74, 6) is 0.522. The molecular weight excluding hydrogens is 334 g/mol. The molecule has 26 heavy (non-hydrogen) atoms. The van der Waals surface area contributed by atoms with Crippen molar-refractivity contribution < 1.29 is 18.7 Å². The van der Waals surface area contributed by atoms with E-state index < -0.39 is 6.03 Å². The number of furan rings is 1. The molecule has 0 saturated carbocycles. The van der Waals surface area contributed by atoms with E-state index in [-0.39, 0.29) is 31.2 Å². The second-order valence-electron chi connectivity index (χ2n) is 6.26. The lowest BCUT2D eigenvalue weighted by Crippen LogP contribution is -2.50. The fourth-order valence-corrected chi connectivity index (χ4v) is 2.92. The molecule has 7 heteroatoms. The zero-order valence-electron chi connectivity index (χ0n) is 14.7. The normalized spacial score (nSPS) is 19.8. The van der Waals surface area contributed by atoms with E-state index in [9.17, 15) is 9.59 Å². The van der Waals surface area contributed by atoms with Gasteiger partial charge in [-0.05, 0) is 24.6 Å². The Kier molecular flexibility index (Phi) is 5.91. The van der Waals surface area contributed by atoms with Crippen LogP contribution < -0.4 is 10.6 Å². The minimum Gasteiger partial charge on any atom is -0.467 e. The predicted octanol–water partition coefficient (Wildman–Crippen LogP) is 2.07. The summed E-state index contributed by atoms with van der Waals surface area (Å²) in [5.41, 5.74) is 1.04. The van der Waals surface area contributed by atoms with Gasteiger partial charge in [-0.2, -0.15) is 0 Å². The minimum atomic E-state index is -0.407. The summed E-state index contributed by atoms with van der Waals surface area (Å²) >= 11 is 0. The highest BCUT2D eigenvalue weighted by Crippen LogP contribution is 2.24. The minimum absolute atomic E-state index is 0.0573. The number of carbonyl (C=O) groups excluding carboxylic acids is 2. The van der Waals surface area contributed by atoms with Crippen LogP contribution in [0.15, 0.2) is 53.1 Å². The van der Waals surface area contributed by atoms with Crippen LogP contribution in [0.25, 0.3) is 0 Å². The number of benzene rings is 1. The highest BCUT2D eigenvalue weighted by Gasteiger charge is 2.29. The lowest BCUT2D eigenvalue weighted by Gasteiger charge is -2.37. The number of nitrogens with one attached hydrogen (secondary N) is 2. The third-order valence-electron chi connectivity index (χ3n) is 4.19. The van der Waals surface area contributed by atoms with E-state index >= 15 is 0 Å². The largest absolute Gasteiger partial charge is 0.467 e. The molecule has 2 aromatic rings. The number of urea groups is 1. The van der Waals surface area contributed by atoms with Gasteiger partial charge >= 0.3 is 6.03 Å². The maximum Gasteiger partial charge on any atom is 0.315 e. The van der Waals surface area contributed by atoms with Gasteiger partial charge in [0.1, 0.15) is 11.9 Å². The SMILES string of the molecule is CC1CN(C(=O)CNC(=O)NCc2ccco2)CC(c2ccccc2)O1. The molecule has 2 N–H and O–H groups in total. The number of rotatable bonds is 5. The van der Waals surface area contributed by atoms with E-state index in [1.165, 1.54) is 0 Å². The molecule has 1 saturated heterocycles. The van der Waals surface area contributed by atoms with Crippen LogP contribution in [0.1, 0.15) is 24.4 Å². The van der Waals surface area contributed by atoms with Crippen molar-refractivity contribution in [1.82, 2.24) is 15.5 Å². The molecule has 3 amide bonds. The fraction of sp³-hybridized carbons (Fsp3) is 0.368. The number of nitrogens with zero attached hydrogens (tertiary/aromatic N) is 1. The smallest absolute Gasteiger partial charge is 0.315 e. The molecule has 0 bridgehead atoms. The van der Waals surface area contributed by atoms with Crippen molar-refractivity contribution >= 4 is 11.9 Å². The molecule has 1 aromatic carbocycles. The van der Waals surface area contributed by atoms with E-state index in [1.807, 2.05) is 37.3 Å². The quantitative estimate of drug-likeness (QED) is 0.858. The second kappa shape index (κ2) is 8.53. The number of hydrogen-bond donors (Lipinski definition) is 2. The van der Waals surface area contributed by atoms with E-state index in [0.29, 0.717) is 18.8 Å². The van der Waals surface area contributed by atoms with Crippen molar-refractivity contribution in [2.45, 2.75) is 25.7 Å². The Morgan fingerprint density at radius 2 is 1.92 bits per heavy atom. The van der Waals surface area contributed by atoms with Crippen LogP contribution in [0, 0.1) is 0 Å². The zero-order valence-corrected chi connectivity index (χ0v) is 14.7. The van der Waals surface area contributed by atoms with Crippen LogP contribution in [-0.4, -0.2) is 42.6 Å². The molecule has 3 rings (SSSR count). The fourth-order valence-electron chi connectivity index (χ4n) is 2.92. The third-order valence-corrected chi connectivity index (χ3v) is 4.19. The summed E-state index contributed by atoms with van der Waals surface area (Å²) in [5, 5.41) is 5.24. The highest BCUT2D eigenvalue weighted by molar-refractivity contribution is 5.84. The molecule has 0 aliphatic carbocycles. The van der Waals surface area contributed by atoms with Gasteiger partial charge in [-0.3, -0.25) is 4.79 Å². The highest BCUT2D eigenvalue weighted by atomic mass is 16.5. The van der Waals surface area contributed by atoms with Crippen LogP contribution in [-0.2, 0) is 16.1 Å². The zero-order chi connectivity index (χ0) is 18.4. The first kappa shape index (κ1) is 18.0. The Morgan fingerprint density at radius 1 is 1.12 bits per heavy atom. The summed E-state index contributed by atoms with van der Waals surface area (Å²) in [6.07, 6.45) is 1.32. The molecule has 2 heterocycles. The monoisotopic (exact) mass is 357 g/mol. The molecule has 1 aromatic heterocycles. The maximum absolute atomic E-state index is 12.5. The van der Waals surface area contributed by atoms with E-state index in [1.54, 1.807) is 23.3 Å². The Labute approximate surface area is 152 Å². The molecule has 0 radical (unpaired) electrons. The van der Waals surface area contributed by atoms with Gasteiger partial charge < -0.3 is 24.7 Å². The van der Waals surface area contributed by atoms with Crippen LogP contribution in [0.3, 0.4) is 0 Å². The van der Waals surface area contributed by atoms with Gasteiger partial charge in [-0.25, -0.2) is 4.79 Å². The van der Waals surface area contributed by atoms with Crippen molar-refractivity contribution in [2.75, 3.05) is 19.6 Å². The van der Waals surface area contributed by atoms with Crippen molar-refractivity contribution in [2.24, 2.45) is 0 Å². The van der Waals surface area contributed by atoms with Gasteiger partial charge in [-0.15, -0.1) is 0 Å². The summed E-state index contributed by atoms with van der Waals surface area (Å²) in [6, 6.07) is 13.0. The third kappa shape index (κ3) is 4.86. The van der Waals surface area contributed by atoms with Crippen LogP contribution in [0.5, 0.6) is 0 Å². The van der Waals surface area contributed by atoms with Gasteiger partial charge in [0.25, 0.3) is 0 Å². The summed E-state index contributed by atoms with van der Waals surface area (Å²) in [7, 11) is 0. The van der Waals surface area contributed by atoms with E-state index in [2.05, 4.69) is 10.6 Å². The Morgan fingerprint density at radius 3 is 2.65 bits per heavy atom. The van der Waals surface area contributed by atoms with Crippen LogP contribution >= 0.6 is 0 Å². The van der Waals surface area contributed by atoms with Crippen molar-refractivity contribution in [3.63, 3.8) is 0 Å². The number of carbonyl (C=O) groups is 2. The van der Waals surface area contributed by atoms with Gasteiger partial charge in [-0.1, -0.05) is 30.3 Å². The lowest BCUT2D eigenvalue weighted by molar-refractivity contribution is -0.143. The summed E-state index contributed by atoms with van der Waals surface area (Å²) < 4.78 is 11.1. The van der Waals surface area contributed by atoms with Gasteiger partial charge in [0.2, 0.25) is 5.91 Å². The van der Waals surface area contributed by atoms with E-state index in [0.717, 1.165) is 5.56 Å². The average Bonchev–Trinajstić information content (AvgIpc) is 3.18. The van der Waals surface area contributed by atoms with Crippen LogP contribution in [0.2, 0.25) is 0 Å². The average molecular weight is 357 g/mol. The first-order valence-electron chi connectivity index (χ1n) is 8.64. The first-order valence-corrected chi connectivity index (χ1v) is 8.64. The number of hydrogen-bond acceptors (Lipinski definition) is 4. The molecule has 7 nitrogen and oxygen atoms in total. The summed E-state index contributed by atoms with van der Waals surface area (Å²) in [6.45, 7) is 3.15. The lowest BCUT2D eigenvalue weighted by atomic mass is 10.1. The van der Waals surface area contributed by atoms with E-state index in [4.69, 9.17) is 9.15 Å². The maximum atomic E-state index is 12.5. The first-order chi connectivity index (χ1) is 12.6. The Hall–Kier alpha value is -2.80. The Bertz CT molecular complexity index is 718. The molecule has 1 aliphatic rings. The van der Waals surface area contributed by atoms with Crippen molar-refractivity contribution in [3.8, 4) is 0 Å². The summed E-state index contributed by atoms with van der Waals surface area (Å²) in [4.78, 5) is 26.0. The second-order valence-corrected chi connectivity index (χ2v) is 6.26. The molecule has 0 spiro atoms. The molecule has 1 fully saturated rings. The molecule has 138 valence electrons.